The highest BCUT2D eigenvalue weighted by atomic mass is 127. The number of likely N-dealkylation sites (N-methyl/N-ethyl adjacent to an activating group) is 1. The van der Waals surface area contributed by atoms with Gasteiger partial charge in [-0.25, -0.2) is 0 Å². The third-order valence-corrected chi connectivity index (χ3v) is 4.77. The molecule has 4 unspecified atom stereocenters. The van der Waals surface area contributed by atoms with E-state index in [0.717, 1.165) is 6.54 Å². The Morgan fingerprint density at radius 3 is 2.85 bits per heavy atom. The maximum atomic E-state index is 9.80. The van der Waals surface area contributed by atoms with Gasteiger partial charge in [-0.2, -0.15) is 0 Å². The van der Waals surface area contributed by atoms with Crippen molar-refractivity contribution in [3.8, 4) is 0 Å². The molecule has 4 heteroatoms. The summed E-state index contributed by atoms with van der Waals surface area (Å²) in [5.74, 6) is 1.36. The van der Waals surface area contributed by atoms with Crippen LogP contribution in [0.25, 0.3) is 0 Å². The van der Waals surface area contributed by atoms with Crippen LogP contribution in [0, 0.1) is 11.8 Å². The Morgan fingerprint density at radius 2 is 2.00 bits per heavy atom. The molecule has 0 aromatic carbocycles. The average Bonchev–Trinajstić information content (AvgIpc) is 2.76. The van der Waals surface area contributed by atoms with E-state index in [2.05, 4.69) is 47.8 Å². The van der Waals surface area contributed by atoms with Crippen LogP contribution >= 0.6 is 0 Å². The Bertz CT molecular complexity index is 573. The minimum absolute atomic E-state index is 0. The van der Waals surface area contributed by atoms with E-state index in [1.807, 2.05) is 12.2 Å². The molecule has 2 aliphatic carbocycles. The predicted molar refractivity (Wildman–Crippen MR) is 74.3 cm³/mol. The van der Waals surface area contributed by atoms with Crippen LogP contribution < -0.4 is 29.3 Å². The van der Waals surface area contributed by atoms with E-state index < -0.39 is 0 Å². The first-order valence-corrected chi connectivity index (χ1v) is 6.96. The highest BCUT2D eigenvalue weighted by Gasteiger charge is 2.48. The molecule has 0 saturated carbocycles. The van der Waals surface area contributed by atoms with Gasteiger partial charge in [-0.15, -0.1) is 0 Å². The van der Waals surface area contributed by atoms with E-state index >= 15 is 0 Å². The highest BCUT2D eigenvalue weighted by molar-refractivity contribution is 5.46. The fourth-order valence-corrected chi connectivity index (χ4v) is 3.92. The van der Waals surface area contributed by atoms with Crippen LogP contribution in [-0.4, -0.2) is 35.7 Å². The number of rotatable bonds is 0. The minimum Gasteiger partial charge on any atom is -1.00 e. The smallest absolute Gasteiger partial charge is 0.113 e. The van der Waals surface area contributed by atoms with Crippen LogP contribution in [0.15, 0.2) is 59.6 Å². The number of hydrogen-bond donors (Lipinski definition) is 2. The third-order valence-electron chi connectivity index (χ3n) is 4.77. The Morgan fingerprint density at radius 1 is 1.20 bits per heavy atom. The second kappa shape index (κ2) is 5.07. The van der Waals surface area contributed by atoms with Gasteiger partial charge < -0.3 is 39.3 Å². The van der Waals surface area contributed by atoms with Crippen molar-refractivity contribution in [3.63, 3.8) is 0 Å². The van der Waals surface area contributed by atoms with Gasteiger partial charge in [0.15, 0.2) is 0 Å². The molecule has 2 heterocycles. The molecule has 3 nitrogen and oxygen atoms in total. The highest BCUT2D eigenvalue weighted by Crippen LogP contribution is 2.39. The van der Waals surface area contributed by atoms with Crippen LogP contribution in [0.3, 0.4) is 0 Å². The number of aliphatic hydroxyl groups is 1. The number of halogens is 1. The van der Waals surface area contributed by atoms with Gasteiger partial charge in [0, 0.05) is 19.5 Å². The summed E-state index contributed by atoms with van der Waals surface area (Å²) in [6.07, 6.45) is 15.0. The van der Waals surface area contributed by atoms with Crippen LogP contribution in [0.2, 0.25) is 0 Å². The standard InChI is InChI=1S/C16H18N2O.HI/c1-18-7-6-10-2-4-15-16(13(10)9-18)12-8-11(19)3-5-14(12)17-15;/h2-8,12,14-17,19H,9H2,1H3;1H. The van der Waals surface area contributed by atoms with E-state index in [0.29, 0.717) is 29.7 Å². The molecule has 1 saturated heterocycles. The van der Waals surface area contributed by atoms with Crippen molar-refractivity contribution in [1.82, 2.24) is 4.90 Å². The number of quaternary nitrogens is 1. The fourth-order valence-electron chi connectivity index (χ4n) is 3.92. The quantitative estimate of drug-likeness (QED) is 0.471. The molecule has 3 N–H and O–H groups in total. The first-order valence-electron chi connectivity index (χ1n) is 6.96. The molecule has 2 aliphatic heterocycles. The molecule has 0 aromatic heterocycles. The molecule has 4 aliphatic rings. The summed E-state index contributed by atoms with van der Waals surface area (Å²) in [6.45, 7) is 1.01. The first kappa shape index (κ1) is 13.9. The molecule has 0 radical (unpaired) electrons. The number of hydrogen-bond acceptors (Lipinski definition) is 2. The van der Waals surface area contributed by atoms with Crippen LogP contribution in [0.5, 0.6) is 0 Å². The Hall–Kier alpha value is -1.01. The topological polar surface area (TPSA) is 40.1 Å². The van der Waals surface area contributed by atoms with E-state index in [9.17, 15) is 5.11 Å². The maximum Gasteiger partial charge on any atom is 0.113 e. The van der Waals surface area contributed by atoms with Gasteiger partial charge in [-0.1, -0.05) is 6.08 Å². The molecule has 0 bridgehead atoms. The zero-order valence-electron chi connectivity index (χ0n) is 11.4. The number of aliphatic hydroxyl groups excluding tert-OH is 1. The van der Waals surface area contributed by atoms with E-state index in [1.165, 1.54) is 11.1 Å². The van der Waals surface area contributed by atoms with E-state index in [4.69, 9.17) is 0 Å². The third kappa shape index (κ3) is 2.05. The van der Waals surface area contributed by atoms with Crippen LogP contribution in [-0.2, 0) is 0 Å². The molecular weight excluding hydrogens is 363 g/mol. The fraction of sp³-hybridized carbons (Fsp3) is 0.375. The summed E-state index contributed by atoms with van der Waals surface area (Å²) >= 11 is 0. The maximum absolute atomic E-state index is 9.80. The zero-order chi connectivity index (χ0) is 13.0. The van der Waals surface area contributed by atoms with E-state index in [-0.39, 0.29) is 24.0 Å². The van der Waals surface area contributed by atoms with Crippen molar-refractivity contribution < 1.29 is 34.4 Å². The molecule has 0 aromatic rings. The van der Waals surface area contributed by atoms with Crippen molar-refractivity contribution >= 4 is 0 Å². The summed E-state index contributed by atoms with van der Waals surface area (Å²) in [5, 5.41) is 12.2. The first-order chi connectivity index (χ1) is 9.22. The molecule has 1 fully saturated rings. The monoisotopic (exact) mass is 382 g/mol. The minimum atomic E-state index is 0. The normalized spacial score (nSPS) is 37.0. The van der Waals surface area contributed by atoms with Crippen molar-refractivity contribution in [3.05, 3.63) is 59.6 Å². The van der Waals surface area contributed by atoms with Crippen molar-refractivity contribution in [2.45, 2.75) is 12.1 Å². The average molecular weight is 382 g/mol. The van der Waals surface area contributed by atoms with Gasteiger partial charge in [0.1, 0.15) is 17.8 Å². The molecule has 0 amide bonds. The molecule has 0 spiro atoms. The second-order valence-corrected chi connectivity index (χ2v) is 5.97. The largest absolute Gasteiger partial charge is 1.00 e. The SMILES string of the molecule is CN1C=CC2=C(C1)C1C(C=C2)[NH2+]C2C=CC(O)=CC21.[I-]. The summed E-state index contributed by atoms with van der Waals surface area (Å²) < 4.78 is 0. The number of nitrogens with zero attached hydrogens (tertiary/aromatic N) is 1. The van der Waals surface area contributed by atoms with Gasteiger partial charge in [-0.05, 0) is 47.7 Å². The molecule has 106 valence electrons. The summed E-state index contributed by atoms with van der Waals surface area (Å²) in [5.41, 5.74) is 2.90. The van der Waals surface area contributed by atoms with Gasteiger partial charge in [-0.3, -0.25) is 0 Å². The summed E-state index contributed by atoms with van der Waals surface area (Å²) in [7, 11) is 2.12. The molecular formula is C16H19IN2O. The predicted octanol–water partition coefficient (Wildman–Crippen LogP) is -2.13. The van der Waals surface area contributed by atoms with Crippen LogP contribution in [0.1, 0.15) is 0 Å². The summed E-state index contributed by atoms with van der Waals surface area (Å²) in [4.78, 5) is 2.24. The van der Waals surface area contributed by atoms with Crippen molar-refractivity contribution in [2.75, 3.05) is 13.6 Å². The zero-order valence-corrected chi connectivity index (χ0v) is 13.6. The van der Waals surface area contributed by atoms with Gasteiger partial charge in [0.05, 0.1) is 5.92 Å². The van der Waals surface area contributed by atoms with Gasteiger partial charge in [0.2, 0.25) is 0 Å². The van der Waals surface area contributed by atoms with E-state index in [1.54, 1.807) is 0 Å². The lowest BCUT2D eigenvalue weighted by molar-refractivity contribution is -0.686. The summed E-state index contributed by atoms with van der Waals surface area (Å²) in [6, 6.07) is 0.985. The molecule has 20 heavy (non-hydrogen) atoms. The van der Waals surface area contributed by atoms with Crippen LogP contribution in [0.4, 0.5) is 0 Å². The lowest BCUT2D eigenvalue weighted by atomic mass is 9.75. The Labute approximate surface area is 136 Å². The Balaban J connectivity index is 0.00000121. The lowest BCUT2D eigenvalue weighted by Crippen LogP contribution is -3.00. The molecule has 4 rings (SSSR count). The van der Waals surface area contributed by atoms with Gasteiger partial charge in [0.25, 0.3) is 0 Å². The van der Waals surface area contributed by atoms with Crippen molar-refractivity contribution in [2.24, 2.45) is 11.8 Å². The number of allylic oxidation sites excluding steroid dienone is 4. The lowest BCUT2D eigenvalue weighted by Gasteiger charge is -2.32. The van der Waals surface area contributed by atoms with Crippen molar-refractivity contribution in [1.29, 1.82) is 0 Å². The molecule has 4 atom stereocenters. The second-order valence-electron chi connectivity index (χ2n) is 5.97. The Kier molecular flexibility index (Phi) is 3.54. The van der Waals surface area contributed by atoms with Gasteiger partial charge >= 0.3 is 0 Å². The number of nitrogens with two attached hydrogens (primary N) is 1. The number of fused-ring (bicyclic) bond motifs is 4.